The molecule has 1 aliphatic heterocycles. The van der Waals surface area contributed by atoms with Gasteiger partial charge in [-0.05, 0) is 13.6 Å². The van der Waals surface area contributed by atoms with E-state index in [1.807, 2.05) is 7.05 Å². The second-order valence-electron chi connectivity index (χ2n) is 3.37. The molecule has 0 bridgehead atoms. The van der Waals surface area contributed by atoms with Crippen LogP contribution in [0.1, 0.15) is 13.3 Å². The first-order chi connectivity index (χ1) is 6.19. The number of ether oxygens (including phenoxy) is 1. The van der Waals surface area contributed by atoms with Crippen molar-refractivity contribution in [3.8, 4) is 0 Å². The average molecular weight is 186 g/mol. The van der Waals surface area contributed by atoms with E-state index in [4.69, 9.17) is 0 Å². The number of carbonyl (C=O) groups excluding carboxylic acids is 1. The zero-order valence-electron chi connectivity index (χ0n) is 8.62. The van der Waals surface area contributed by atoms with Crippen molar-refractivity contribution in [1.29, 1.82) is 0 Å². The van der Waals surface area contributed by atoms with Crippen molar-refractivity contribution in [2.24, 2.45) is 0 Å². The van der Waals surface area contributed by atoms with Crippen molar-refractivity contribution >= 4 is 5.97 Å². The van der Waals surface area contributed by atoms with E-state index in [9.17, 15) is 4.79 Å². The molecule has 0 spiro atoms. The molecule has 1 unspecified atom stereocenters. The Labute approximate surface area is 79.4 Å². The molecule has 4 heteroatoms. The topological polar surface area (TPSA) is 32.8 Å². The second kappa shape index (κ2) is 4.58. The number of esters is 1. The van der Waals surface area contributed by atoms with Crippen molar-refractivity contribution in [2.45, 2.75) is 19.5 Å². The first-order valence-corrected chi connectivity index (χ1v) is 4.70. The van der Waals surface area contributed by atoms with Gasteiger partial charge in [0.1, 0.15) is 0 Å². The first-order valence-electron chi connectivity index (χ1n) is 4.70. The fourth-order valence-corrected chi connectivity index (χ4v) is 1.75. The molecule has 1 fully saturated rings. The van der Waals surface area contributed by atoms with Crippen LogP contribution in [0.25, 0.3) is 0 Å². The molecule has 0 saturated carbocycles. The first kappa shape index (κ1) is 10.5. The van der Waals surface area contributed by atoms with Crippen LogP contribution in [0.5, 0.6) is 0 Å². The van der Waals surface area contributed by atoms with Crippen molar-refractivity contribution < 1.29 is 9.53 Å². The van der Waals surface area contributed by atoms with E-state index in [0.717, 1.165) is 19.6 Å². The molecular weight excluding hydrogens is 168 g/mol. The van der Waals surface area contributed by atoms with E-state index in [1.54, 1.807) is 0 Å². The Bertz CT molecular complexity index is 184. The SMILES string of the molecule is CCN1CCN(C)C1CC(=O)OC. The van der Waals surface area contributed by atoms with Gasteiger partial charge in [0.15, 0.2) is 0 Å². The molecule has 1 heterocycles. The maximum atomic E-state index is 11.1. The van der Waals surface area contributed by atoms with Crippen LogP contribution >= 0.6 is 0 Å². The zero-order chi connectivity index (χ0) is 9.84. The highest BCUT2D eigenvalue weighted by Crippen LogP contribution is 2.15. The van der Waals surface area contributed by atoms with Gasteiger partial charge in [0, 0.05) is 13.1 Å². The van der Waals surface area contributed by atoms with Gasteiger partial charge < -0.3 is 4.74 Å². The Morgan fingerprint density at radius 3 is 2.77 bits per heavy atom. The average Bonchev–Trinajstić information content (AvgIpc) is 2.48. The summed E-state index contributed by atoms with van der Waals surface area (Å²) < 4.78 is 4.66. The number of carbonyl (C=O) groups is 1. The molecule has 1 aliphatic rings. The minimum absolute atomic E-state index is 0.128. The smallest absolute Gasteiger partial charge is 0.308 e. The van der Waals surface area contributed by atoms with E-state index >= 15 is 0 Å². The summed E-state index contributed by atoms with van der Waals surface area (Å²) in [6.45, 7) is 5.19. The summed E-state index contributed by atoms with van der Waals surface area (Å²) >= 11 is 0. The Kier molecular flexibility index (Phi) is 3.69. The molecule has 13 heavy (non-hydrogen) atoms. The number of rotatable bonds is 3. The van der Waals surface area contributed by atoms with E-state index in [-0.39, 0.29) is 12.1 Å². The Morgan fingerprint density at radius 2 is 2.23 bits per heavy atom. The van der Waals surface area contributed by atoms with Gasteiger partial charge in [0.2, 0.25) is 0 Å². The summed E-state index contributed by atoms with van der Waals surface area (Å²) in [7, 11) is 3.48. The highest BCUT2D eigenvalue weighted by Gasteiger charge is 2.29. The van der Waals surface area contributed by atoms with Crippen LogP contribution in [0.4, 0.5) is 0 Å². The van der Waals surface area contributed by atoms with Crippen molar-refractivity contribution in [3.63, 3.8) is 0 Å². The quantitative estimate of drug-likeness (QED) is 0.587. The molecule has 0 N–H and O–H groups in total. The maximum absolute atomic E-state index is 11.1. The van der Waals surface area contributed by atoms with Crippen molar-refractivity contribution in [1.82, 2.24) is 9.80 Å². The van der Waals surface area contributed by atoms with Crippen LogP contribution in [0, 0.1) is 0 Å². The molecule has 1 rings (SSSR count). The molecule has 1 atom stereocenters. The third-order valence-electron chi connectivity index (χ3n) is 2.65. The third-order valence-corrected chi connectivity index (χ3v) is 2.65. The van der Waals surface area contributed by atoms with Gasteiger partial charge in [0.25, 0.3) is 0 Å². The summed E-state index contributed by atoms with van der Waals surface area (Å²) in [5.41, 5.74) is 0. The Morgan fingerprint density at radius 1 is 1.54 bits per heavy atom. The van der Waals surface area contributed by atoms with Crippen LogP contribution in [0.15, 0.2) is 0 Å². The lowest BCUT2D eigenvalue weighted by atomic mass is 10.3. The molecule has 0 aromatic carbocycles. The monoisotopic (exact) mass is 186 g/mol. The number of likely N-dealkylation sites (N-methyl/N-ethyl adjacent to an activating group) is 2. The lowest BCUT2D eigenvalue weighted by Crippen LogP contribution is -2.38. The third kappa shape index (κ3) is 2.42. The van der Waals surface area contributed by atoms with E-state index < -0.39 is 0 Å². The Hall–Kier alpha value is -0.610. The van der Waals surface area contributed by atoms with Gasteiger partial charge in [-0.25, -0.2) is 0 Å². The maximum Gasteiger partial charge on any atom is 0.308 e. The van der Waals surface area contributed by atoms with E-state index in [0.29, 0.717) is 6.42 Å². The normalized spacial score (nSPS) is 25.0. The number of hydrogen-bond acceptors (Lipinski definition) is 4. The van der Waals surface area contributed by atoms with E-state index in [1.165, 1.54) is 7.11 Å². The molecular formula is C9H18N2O2. The van der Waals surface area contributed by atoms with Gasteiger partial charge in [-0.3, -0.25) is 14.6 Å². The van der Waals surface area contributed by atoms with Crippen LogP contribution in [0.3, 0.4) is 0 Å². The lowest BCUT2D eigenvalue weighted by molar-refractivity contribution is -0.142. The summed E-state index contributed by atoms with van der Waals surface area (Å²) in [6, 6.07) is 0. The van der Waals surface area contributed by atoms with Crippen molar-refractivity contribution in [3.05, 3.63) is 0 Å². The summed E-state index contributed by atoms with van der Waals surface area (Å²) in [6.07, 6.45) is 0.707. The van der Waals surface area contributed by atoms with E-state index in [2.05, 4.69) is 21.5 Å². The predicted octanol–water partition coefficient (Wildman–Crippen LogP) is 0.143. The molecule has 0 aliphatic carbocycles. The van der Waals surface area contributed by atoms with Gasteiger partial charge in [-0.1, -0.05) is 6.92 Å². The molecule has 0 aromatic rings. The molecule has 0 aromatic heterocycles. The van der Waals surface area contributed by atoms with Crippen LogP contribution in [-0.2, 0) is 9.53 Å². The number of methoxy groups -OCH3 is 1. The predicted molar refractivity (Wildman–Crippen MR) is 50.3 cm³/mol. The second-order valence-corrected chi connectivity index (χ2v) is 3.37. The van der Waals surface area contributed by atoms with Gasteiger partial charge in [-0.2, -0.15) is 0 Å². The highest BCUT2D eigenvalue weighted by atomic mass is 16.5. The van der Waals surface area contributed by atoms with Crippen LogP contribution in [0.2, 0.25) is 0 Å². The van der Waals surface area contributed by atoms with Gasteiger partial charge in [-0.15, -0.1) is 0 Å². The van der Waals surface area contributed by atoms with Crippen LogP contribution < -0.4 is 0 Å². The highest BCUT2D eigenvalue weighted by molar-refractivity contribution is 5.69. The van der Waals surface area contributed by atoms with Gasteiger partial charge in [0.05, 0.1) is 19.7 Å². The standard InChI is InChI=1S/C9H18N2O2/c1-4-11-6-5-10(2)8(11)7-9(12)13-3/h8H,4-7H2,1-3H3. The fraction of sp³-hybridized carbons (Fsp3) is 0.889. The lowest BCUT2D eigenvalue weighted by Gasteiger charge is -2.25. The molecule has 76 valence electrons. The zero-order valence-corrected chi connectivity index (χ0v) is 8.62. The summed E-state index contributed by atoms with van der Waals surface area (Å²) in [5.74, 6) is -0.128. The van der Waals surface area contributed by atoms with Crippen LogP contribution in [-0.4, -0.2) is 55.7 Å². The summed E-state index contributed by atoms with van der Waals surface area (Å²) in [5, 5.41) is 0. The molecule has 4 nitrogen and oxygen atoms in total. The largest absolute Gasteiger partial charge is 0.469 e. The minimum atomic E-state index is -0.128. The minimum Gasteiger partial charge on any atom is -0.469 e. The molecule has 1 saturated heterocycles. The van der Waals surface area contributed by atoms with Gasteiger partial charge >= 0.3 is 5.97 Å². The fourth-order valence-electron chi connectivity index (χ4n) is 1.75. The summed E-state index contributed by atoms with van der Waals surface area (Å²) in [4.78, 5) is 15.6. The number of nitrogens with zero attached hydrogens (tertiary/aromatic N) is 2. The molecule has 0 amide bonds. The van der Waals surface area contributed by atoms with Crippen molar-refractivity contribution in [2.75, 3.05) is 33.8 Å². The molecule has 0 radical (unpaired) electrons. The Balaban J connectivity index is 2.49. The number of hydrogen-bond donors (Lipinski definition) is 0.